The van der Waals surface area contributed by atoms with Gasteiger partial charge in [-0.1, -0.05) is 0 Å². The number of carbonyl (C=O) groups excluding carboxylic acids is 1. The van der Waals surface area contributed by atoms with E-state index in [1.165, 1.54) is 0 Å². The second-order valence-electron chi connectivity index (χ2n) is 5.17. The van der Waals surface area contributed by atoms with Gasteiger partial charge in [-0.3, -0.25) is 4.79 Å². The van der Waals surface area contributed by atoms with Crippen LogP contribution in [0.2, 0.25) is 0 Å². The highest BCUT2D eigenvalue weighted by molar-refractivity contribution is 5.88. The van der Waals surface area contributed by atoms with Gasteiger partial charge in [0.05, 0.1) is 6.07 Å². The average Bonchev–Trinajstić information content (AvgIpc) is 3.08. The van der Waals surface area contributed by atoms with E-state index in [0.29, 0.717) is 0 Å². The molecule has 1 amide bonds. The van der Waals surface area contributed by atoms with Crippen LogP contribution in [0.5, 0.6) is 0 Å². The molecule has 1 unspecified atom stereocenters. The lowest BCUT2D eigenvalue weighted by Gasteiger charge is -2.36. The van der Waals surface area contributed by atoms with Crippen molar-refractivity contribution in [3.05, 3.63) is 0 Å². The van der Waals surface area contributed by atoms with Crippen molar-refractivity contribution >= 4 is 5.91 Å². The van der Waals surface area contributed by atoms with Gasteiger partial charge < -0.3 is 9.80 Å². The molecule has 2 rings (SSSR count). The highest BCUT2D eigenvalue weighted by atomic mass is 16.2. The Morgan fingerprint density at radius 2 is 2.25 bits per heavy atom. The van der Waals surface area contributed by atoms with E-state index in [2.05, 4.69) is 18.0 Å². The Hall–Kier alpha value is -1.08. The quantitative estimate of drug-likeness (QED) is 0.694. The predicted octanol–water partition coefficient (Wildman–Crippen LogP) is 0.843. The third-order valence-corrected chi connectivity index (χ3v) is 3.84. The summed E-state index contributed by atoms with van der Waals surface area (Å²) in [6, 6.07) is 2.47. The van der Waals surface area contributed by atoms with Gasteiger partial charge in [0.25, 0.3) is 0 Å². The standard InChI is InChI=1S/C12H19N3O/c1-14-7-3-4-10(8-14)15(2)11(16)12(9-13)5-6-12/h10H,3-8H2,1-2H3. The molecule has 1 heterocycles. The summed E-state index contributed by atoms with van der Waals surface area (Å²) in [7, 11) is 3.94. The van der Waals surface area contributed by atoms with E-state index in [0.717, 1.165) is 38.8 Å². The first kappa shape index (κ1) is 11.4. The number of likely N-dealkylation sites (tertiary alicyclic amines) is 1. The zero-order valence-electron chi connectivity index (χ0n) is 10.1. The smallest absolute Gasteiger partial charge is 0.243 e. The number of hydrogen-bond donors (Lipinski definition) is 0. The van der Waals surface area contributed by atoms with Crippen molar-refractivity contribution in [2.75, 3.05) is 27.2 Å². The molecule has 88 valence electrons. The van der Waals surface area contributed by atoms with Crippen molar-refractivity contribution < 1.29 is 4.79 Å². The van der Waals surface area contributed by atoms with E-state index in [1.807, 2.05) is 11.9 Å². The number of hydrogen-bond acceptors (Lipinski definition) is 3. The first-order valence-corrected chi connectivity index (χ1v) is 5.96. The second kappa shape index (κ2) is 4.06. The largest absolute Gasteiger partial charge is 0.340 e. The highest BCUT2D eigenvalue weighted by Gasteiger charge is 2.52. The average molecular weight is 221 g/mol. The molecular formula is C12H19N3O. The van der Waals surface area contributed by atoms with Crippen molar-refractivity contribution in [3.8, 4) is 6.07 Å². The molecule has 1 saturated heterocycles. The Morgan fingerprint density at radius 1 is 1.56 bits per heavy atom. The summed E-state index contributed by atoms with van der Waals surface area (Å²) in [5, 5.41) is 9.02. The number of piperidine rings is 1. The molecule has 0 bridgehead atoms. The van der Waals surface area contributed by atoms with Gasteiger partial charge in [-0.2, -0.15) is 5.26 Å². The number of amides is 1. The molecule has 1 saturated carbocycles. The van der Waals surface area contributed by atoms with E-state index in [1.54, 1.807) is 0 Å². The summed E-state index contributed by atoms with van der Waals surface area (Å²) < 4.78 is 0. The van der Waals surface area contributed by atoms with Crippen LogP contribution in [-0.2, 0) is 4.79 Å². The first-order chi connectivity index (χ1) is 7.59. The molecule has 1 aliphatic heterocycles. The van der Waals surface area contributed by atoms with Crippen LogP contribution in [0, 0.1) is 16.7 Å². The lowest BCUT2D eigenvalue weighted by Crippen LogP contribution is -2.49. The Labute approximate surface area is 96.8 Å². The minimum atomic E-state index is -0.662. The summed E-state index contributed by atoms with van der Waals surface area (Å²) in [5.41, 5.74) is -0.662. The number of rotatable bonds is 2. The summed E-state index contributed by atoms with van der Waals surface area (Å²) in [6.07, 6.45) is 3.69. The van der Waals surface area contributed by atoms with Crippen molar-refractivity contribution in [2.45, 2.75) is 31.7 Å². The van der Waals surface area contributed by atoms with Gasteiger partial charge in [0, 0.05) is 19.6 Å². The molecule has 16 heavy (non-hydrogen) atoms. The van der Waals surface area contributed by atoms with Crippen molar-refractivity contribution in [2.24, 2.45) is 5.41 Å². The van der Waals surface area contributed by atoms with Gasteiger partial charge in [-0.05, 0) is 39.3 Å². The lowest BCUT2D eigenvalue weighted by atomic mass is 10.0. The Morgan fingerprint density at radius 3 is 2.75 bits per heavy atom. The van der Waals surface area contributed by atoms with Crippen LogP contribution in [0.4, 0.5) is 0 Å². The highest BCUT2D eigenvalue weighted by Crippen LogP contribution is 2.46. The molecule has 2 aliphatic rings. The minimum Gasteiger partial charge on any atom is -0.340 e. The number of nitriles is 1. The summed E-state index contributed by atoms with van der Waals surface area (Å²) >= 11 is 0. The van der Waals surface area contributed by atoms with E-state index in [9.17, 15) is 4.79 Å². The number of likely N-dealkylation sites (N-methyl/N-ethyl adjacent to an activating group) is 2. The zero-order chi connectivity index (χ0) is 11.8. The SMILES string of the molecule is CN1CCCC(N(C)C(=O)C2(C#N)CC2)C1. The van der Waals surface area contributed by atoms with Gasteiger partial charge in [0.15, 0.2) is 0 Å². The van der Waals surface area contributed by atoms with Gasteiger partial charge in [-0.25, -0.2) is 0 Å². The van der Waals surface area contributed by atoms with Crippen molar-refractivity contribution in [3.63, 3.8) is 0 Å². The Kier molecular flexibility index (Phi) is 2.90. The maximum absolute atomic E-state index is 12.1. The predicted molar refractivity (Wildman–Crippen MR) is 60.6 cm³/mol. The molecule has 2 fully saturated rings. The van der Waals surface area contributed by atoms with Crippen LogP contribution in [-0.4, -0.2) is 48.9 Å². The second-order valence-corrected chi connectivity index (χ2v) is 5.17. The fourth-order valence-electron chi connectivity index (χ4n) is 2.46. The van der Waals surface area contributed by atoms with Crippen molar-refractivity contribution in [1.82, 2.24) is 9.80 Å². The molecule has 0 spiro atoms. The van der Waals surface area contributed by atoms with Crippen molar-refractivity contribution in [1.29, 1.82) is 5.26 Å². The van der Waals surface area contributed by atoms with Crippen LogP contribution < -0.4 is 0 Å². The normalized spacial score (nSPS) is 28.2. The molecule has 4 nitrogen and oxygen atoms in total. The summed E-state index contributed by atoms with van der Waals surface area (Å²) in [6.45, 7) is 2.05. The maximum atomic E-state index is 12.1. The van der Waals surface area contributed by atoms with E-state index in [-0.39, 0.29) is 11.9 Å². The Balaban J connectivity index is 1.99. The summed E-state index contributed by atoms with van der Waals surface area (Å²) in [4.78, 5) is 16.2. The van der Waals surface area contributed by atoms with Crippen LogP contribution in [0.3, 0.4) is 0 Å². The molecule has 0 aromatic rings. The number of nitrogens with zero attached hydrogens (tertiary/aromatic N) is 3. The van der Waals surface area contributed by atoms with E-state index >= 15 is 0 Å². The van der Waals surface area contributed by atoms with E-state index < -0.39 is 5.41 Å². The number of carbonyl (C=O) groups is 1. The molecule has 4 heteroatoms. The molecule has 1 aliphatic carbocycles. The zero-order valence-corrected chi connectivity index (χ0v) is 10.1. The van der Waals surface area contributed by atoms with Gasteiger partial charge in [0.2, 0.25) is 5.91 Å². The van der Waals surface area contributed by atoms with Crippen LogP contribution in [0.15, 0.2) is 0 Å². The van der Waals surface area contributed by atoms with Gasteiger partial charge >= 0.3 is 0 Å². The molecular weight excluding hydrogens is 202 g/mol. The fourth-order valence-corrected chi connectivity index (χ4v) is 2.46. The van der Waals surface area contributed by atoms with Gasteiger partial charge in [0.1, 0.15) is 5.41 Å². The van der Waals surface area contributed by atoms with Crippen LogP contribution in [0.1, 0.15) is 25.7 Å². The molecule has 0 N–H and O–H groups in total. The summed E-state index contributed by atoms with van der Waals surface area (Å²) in [5.74, 6) is 0.0373. The molecule has 0 aromatic heterocycles. The molecule has 0 radical (unpaired) electrons. The monoisotopic (exact) mass is 221 g/mol. The van der Waals surface area contributed by atoms with Crippen LogP contribution in [0.25, 0.3) is 0 Å². The third kappa shape index (κ3) is 1.92. The topological polar surface area (TPSA) is 47.3 Å². The first-order valence-electron chi connectivity index (χ1n) is 5.96. The Bertz CT molecular complexity index is 330. The minimum absolute atomic E-state index is 0.0373. The lowest BCUT2D eigenvalue weighted by molar-refractivity contribution is -0.136. The van der Waals surface area contributed by atoms with Crippen LogP contribution >= 0.6 is 0 Å². The third-order valence-electron chi connectivity index (χ3n) is 3.84. The molecule has 1 atom stereocenters. The molecule has 0 aromatic carbocycles. The van der Waals surface area contributed by atoms with E-state index in [4.69, 9.17) is 5.26 Å². The maximum Gasteiger partial charge on any atom is 0.243 e. The fraction of sp³-hybridized carbons (Fsp3) is 0.833. The van der Waals surface area contributed by atoms with Gasteiger partial charge in [-0.15, -0.1) is 0 Å².